The maximum atomic E-state index is 12.3. The fourth-order valence-corrected chi connectivity index (χ4v) is 1.20. The van der Waals surface area contributed by atoms with Crippen molar-refractivity contribution in [3.05, 3.63) is 12.4 Å². The van der Waals surface area contributed by atoms with Crippen molar-refractivity contribution in [1.29, 1.82) is 0 Å². The van der Waals surface area contributed by atoms with Crippen LogP contribution in [-0.2, 0) is 0 Å². The molecule has 7 heteroatoms. The summed E-state index contributed by atoms with van der Waals surface area (Å²) in [5.74, 6) is 0.657. The van der Waals surface area contributed by atoms with E-state index in [-0.39, 0.29) is 12.4 Å². The lowest BCUT2D eigenvalue weighted by Gasteiger charge is -2.23. The summed E-state index contributed by atoms with van der Waals surface area (Å²) in [6.45, 7) is 0.839. The lowest BCUT2D eigenvalue weighted by molar-refractivity contribution is -0.119. The Morgan fingerprint density at radius 3 is 2.56 bits per heavy atom. The summed E-state index contributed by atoms with van der Waals surface area (Å²) in [7, 11) is 1.63. The topological polar surface area (TPSA) is 41.1 Å². The molecule has 1 aromatic heterocycles. The molecule has 0 aliphatic rings. The van der Waals surface area contributed by atoms with Gasteiger partial charge in [-0.05, 0) is 6.92 Å². The third kappa shape index (κ3) is 3.56. The smallest absolute Gasteiger partial charge is 0.372 e. The van der Waals surface area contributed by atoms with E-state index in [9.17, 15) is 13.2 Å². The van der Waals surface area contributed by atoms with Crippen LogP contribution in [0, 0.1) is 0 Å². The minimum absolute atomic E-state index is 0.215. The largest absolute Gasteiger partial charge is 0.405 e. The molecule has 0 aliphatic carbocycles. The maximum absolute atomic E-state index is 12.3. The number of halogens is 3. The monoisotopic (exact) mass is 234 g/mol. The summed E-state index contributed by atoms with van der Waals surface area (Å²) in [6, 6.07) is 0. The maximum Gasteiger partial charge on any atom is 0.405 e. The Kier molecular flexibility index (Phi) is 3.92. The normalized spacial score (nSPS) is 11.3. The van der Waals surface area contributed by atoms with Gasteiger partial charge in [0.15, 0.2) is 0 Å². The van der Waals surface area contributed by atoms with Crippen LogP contribution < -0.4 is 10.2 Å². The van der Waals surface area contributed by atoms with Gasteiger partial charge in [0.05, 0.1) is 12.4 Å². The Hall–Kier alpha value is -1.53. The molecule has 0 saturated carbocycles. The average Bonchev–Trinajstić information content (AvgIpc) is 2.25. The van der Waals surface area contributed by atoms with Gasteiger partial charge in [-0.1, -0.05) is 0 Å². The van der Waals surface area contributed by atoms with Gasteiger partial charge in [0.2, 0.25) is 0 Å². The van der Waals surface area contributed by atoms with Crippen molar-refractivity contribution in [3.8, 4) is 0 Å². The Balaban J connectivity index is 2.86. The molecule has 0 atom stereocenters. The molecular weight excluding hydrogens is 221 g/mol. The third-order valence-corrected chi connectivity index (χ3v) is 1.95. The number of hydrogen-bond acceptors (Lipinski definition) is 4. The van der Waals surface area contributed by atoms with Crippen molar-refractivity contribution in [2.75, 3.05) is 30.4 Å². The fourth-order valence-electron chi connectivity index (χ4n) is 1.20. The summed E-state index contributed by atoms with van der Waals surface area (Å²) < 4.78 is 36.8. The Morgan fingerprint density at radius 2 is 2.06 bits per heavy atom. The summed E-state index contributed by atoms with van der Waals surface area (Å²) in [5, 5.41) is 2.73. The van der Waals surface area contributed by atoms with E-state index in [1.807, 2.05) is 0 Å². The first-order valence-corrected chi connectivity index (χ1v) is 4.77. The van der Waals surface area contributed by atoms with E-state index in [1.54, 1.807) is 14.0 Å². The molecule has 1 N–H and O–H groups in total. The highest BCUT2D eigenvalue weighted by atomic mass is 19.4. The predicted octanol–water partition coefficient (Wildman–Crippen LogP) is 1.91. The minimum atomic E-state index is -4.24. The van der Waals surface area contributed by atoms with Crippen molar-refractivity contribution in [2.45, 2.75) is 13.1 Å². The molecule has 1 heterocycles. The first-order chi connectivity index (χ1) is 7.46. The van der Waals surface area contributed by atoms with E-state index >= 15 is 0 Å². The third-order valence-electron chi connectivity index (χ3n) is 1.95. The SMILES string of the molecule is CCN(CC(F)(F)F)c1cncc(NC)n1. The van der Waals surface area contributed by atoms with Crippen LogP contribution in [0.15, 0.2) is 12.4 Å². The first kappa shape index (κ1) is 12.5. The zero-order chi connectivity index (χ0) is 12.2. The van der Waals surface area contributed by atoms with E-state index in [0.29, 0.717) is 5.82 Å². The van der Waals surface area contributed by atoms with E-state index in [2.05, 4.69) is 15.3 Å². The average molecular weight is 234 g/mol. The second-order valence-corrected chi connectivity index (χ2v) is 3.14. The predicted molar refractivity (Wildman–Crippen MR) is 55.5 cm³/mol. The van der Waals surface area contributed by atoms with Crippen LogP contribution in [0.1, 0.15) is 6.92 Å². The molecule has 90 valence electrons. The van der Waals surface area contributed by atoms with Crippen LogP contribution in [0.25, 0.3) is 0 Å². The summed E-state index contributed by atoms with van der Waals surface area (Å²) in [6.07, 6.45) is -1.48. The van der Waals surface area contributed by atoms with Crippen LogP contribution in [0.2, 0.25) is 0 Å². The number of alkyl halides is 3. The number of anilines is 2. The molecule has 16 heavy (non-hydrogen) atoms. The molecule has 4 nitrogen and oxygen atoms in total. The van der Waals surface area contributed by atoms with Crippen LogP contribution in [0.3, 0.4) is 0 Å². The van der Waals surface area contributed by atoms with Gasteiger partial charge in [-0.15, -0.1) is 0 Å². The van der Waals surface area contributed by atoms with Gasteiger partial charge in [0.1, 0.15) is 18.2 Å². The lowest BCUT2D eigenvalue weighted by atomic mass is 10.4. The lowest BCUT2D eigenvalue weighted by Crippen LogP contribution is -2.34. The molecule has 0 amide bonds. The molecular formula is C9H13F3N4. The van der Waals surface area contributed by atoms with E-state index < -0.39 is 12.7 Å². The number of rotatable bonds is 4. The first-order valence-electron chi connectivity index (χ1n) is 4.77. The van der Waals surface area contributed by atoms with Crippen molar-refractivity contribution in [2.24, 2.45) is 0 Å². The molecule has 0 bridgehead atoms. The molecule has 1 rings (SSSR count). The Morgan fingerprint density at radius 1 is 1.38 bits per heavy atom. The van der Waals surface area contributed by atoms with E-state index in [1.165, 1.54) is 12.4 Å². The van der Waals surface area contributed by atoms with Gasteiger partial charge in [0, 0.05) is 13.6 Å². The highest BCUT2D eigenvalue weighted by Gasteiger charge is 2.30. The molecule has 0 radical (unpaired) electrons. The van der Waals surface area contributed by atoms with Gasteiger partial charge in [0.25, 0.3) is 0 Å². The number of nitrogens with zero attached hydrogens (tertiary/aromatic N) is 3. The second-order valence-electron chi connectivity index (χ2n) is 3.14. The molecule has 0 unspecified atom stereocenters. The van der Waals surface area contributed by atoms with Gasteiger partial charge in [-0.2, -0.15) is 13.2 Å². The Labute approximate surface area is 91.5 Å². The standard InChI is InChI=1S/C9H13F3N4/c1-3-16(6-9(10,11)12)8-5-14-4-7(13-2)15-8/h4-5H,3,6H2,1-2H3,(H,13,15). The highest BCUT2D eigenvalue weighted by Crippen LogP contribution is 2.20. The van der Waals surface area contributed by atoms with Gasteiger partial charge in [-0.3, -0.25) is 4.98 Å². The summed E-state index contributed by atoms with van der Waals surface area (Å²) in [5.41, 5.74) is 0. The summed E-state index contributed by atoms with van der Waals surface area (Å²) >= 11 is 0. The van der Waals surface area contributed by atoms with Crippen LogP contribution in [0.5, 0.6) is 0 Å². The summed E-state index contributed by atoms with van der Waals surface area (Å²) in [4.78, 5) is 8.94. The van der Waals surface area contributed by atoms with Crippen molar-refractivity contribution < 1.29 is 13.2 Å². The number of aromatic nitrogens is 2. The highest BCUT2D eigenvalue weighted by molar-refractivity contribution is 5.43. The van der Waals surface area contributed by atoms with Crippen LogP contribution in [0.4, 0.5) is 24.8 Å². The Bertz CT molecular complexity index is 340. The van der Waals surface area contributed by atoms with Crippen molar-refractivity contribution in [3.63, 3.8) is 0 Å². The zero-order valence-corrected chi connectivity index (χ0v) is 9.04. The van der Waals surface area contributed by atoms with Gasteiger partial charge >= 0.3 is 6.18 Å². The van der Waals surface area contributed by atoms with Crippen molar-refractivity contribution >= 4 is 11.6 Å². The number of nitrogens with one attached hydrogen (secondary N) is 1. The molecule has 0 aliphatic heterocycles. The fraction of sp³-hybridized carbons (Fsp3) is 0.556. The molecule has 0 aromatic carbocycles. The van der Waals surface area contributed by atoms with Crippen LogP contribution in [-0.4, -0.2) is 36.3 Å². The van der Waals surface area contributed by atoms with Gasteiger partial charge < -0.3 is 10.2 Å². The number of hydrogen-bond donors (Lipinski definition) is 1. The quantitative estimate of drug-likeness (QED) is 0.864. The van der Waals surface area contributed by atoms with E-state index in [0.717, 1.165) is 4.90 Å². The zero-order valence-electron chi connectivity index (χ0n) is 9.04. The molecule has 0 fully saturated rings. The van der Waals surface area contributed by atoms with E-state index in [4.69, 9.17) is 0 Å². The van der Waals surface area contributed by atoms with Crippen LogP contribution >= 0.6 is 0 Å². The minimum Gasteiger partial charge on any atom is -0.372 e. The molecule has 1 aromatic rings. The van der Waals surface area contributed by atoms with Crippen molar-refractivity contribution in [1.82, 2.24) is 9.97 Å². The molecule has 0 spiro atoms. The second kappa shape index (κ2) is 5.00. The van der Waals surface area contributed by atoms with Gasteiger partial charge in [-0.25, -0.2) is 4.98 Å². The molecule has 0 saturated heterocycles.